The maximum Gasteiger partial charge on any atom is 0.165 e. The average Bonchev–Trinajstić information content (AvgIpc) is 2.98. The van der Waals surface area contributed by atoms with Gasteiger partial charge in [-0.05, 0) is 32.0 Å². The van der Waals surface area contributed by atoms with Crippen LogP contribution in [0.1, 0.15) is 24.3 Å². The Morgan fingerprint density at radius 1 is 1.21 bits per heavy atom. The summed E-state index contributed by atoms with van der Waals surface area (Å²) in [7, 11) is 0. The van der Waals surface area contributed by atoms with Gasteiger partial charge in [-0.2, -0.15) is 5.10 Å². The first-order chi connectivity index (χ1) is 11.7. The number of hydrogen-bond donors (Lipinski definition) is 2. The highest BCUT2D eigenvalue weighted by molar-refractivity contribution is 5.79. The summed E-state index contributed by atoms with van der Waals surface area (Å²) in [5, 5.41) is 18.8. The van der Waals surface area contributed by atoms with Crippen molar-refractivity contribution < 1.29 is 9.84 Å². The van der Waals surface area contributed by atoms with Crippen LogP contribution < -0.4 is 10.1 Å². The first-order valence-electron chi connectivity index (χ1n) is 8.05. The lowest BCUT2D eigenvalue weighted by molar-refractivity contribution is 0.315. The van der Waals surface area contributed by atoms with Crippen LogP contribution in [0.3, 0.4) is 0 Å². The third-order valence-electron chi connectivity index (χ3n) is 4.22. The summed E-state index contributed by atoms with van der Waals surface area (Å²) in [4.78, 5) is 0. The van der Waals surface area contributed by atoms with E-state index in [0.29, 0.717) is 12.4 Å². The number of rotatable bonds is 3. The van der Waals surface area contributed by atoms with Crippen molar-refractivity contribution >= 4 is 5.69 Å². The molecular weight excluding hydrogens is 302 g/mol. The molecule has 0 fully saturated rings. The molecule has 0 saturated heterocycles. The van der Waals surface area contributed by atoms with E-state index in [9.17, 15) is 5.11 Å². The number of nitrogens with zero attached hydrogens (tertiary/aromatic N) is 2. The quantitative estimate of drug-likeness (QED) is 0.767. The van der Waals surface area contributed by atoms with E-state index in [2.05, 4.69) is 22.5 Å². The number of hydrogen-bond acceptors (Lipinski definition) is 4. The Bertz CT molecular complexity index is 901. The highest BCUT2D eigenvalue weighted by Crippen LogP contribution is 2.42. The summed E-state index contributed by atoms with van der Waals surface area (Å²) in [5.74, 6) is 0.636. The van der Waals surface area contributed by atoms with Gasteiger partial charge in [-0.1, -0.05) is 30.3 Å². The zero-order chi connectivity index (χ0) is 16.7. The summed E-state index contributed by atoms with van der Waals surface area (Å²) < 4.78 is 7.44. The molecule has 0 bridgehead atoms. The molecule has 2 aromatic carbocycles. The number of phenols is 1. The molecule has 1 aromatic heterocycles. The predicted molar refractivity (Wildman–Crippen MR) is 93.4 cm³/mol. The van der Waals surface area contributed by atoms with Crippen LogP contribution in [0.15, 0.2) is 48.5 Å². The van der Waals surface area contributed by atoms with E-state index in [1.165, 1.54) is 0 Å². The minimum absolute atomic E-state index is 0.148. The molecule has 3 aromatic rings. The van der Waals surface area contributed by atoms with Crippen LogP contribution in [-0.4, -0.2) is 21.5 Å². The lowest BCUT2D eigenvalue weighted by atomic mass is 10.0. The molecule has 1 aliphatic rings. The van der Waals surface area contributed by atoms with Gasteiger partial charge in [0.05, 0.1) is 18.0 Å². The highest BCUT2D eigenvalue weighted by Gasteiger charge is 2.28. The summed E-state index contributed by atoms with van der Waals surface area (Å²) in [6, 6.07) is 15.7. The van der Waals surface area contributed by atoms with E-state index in [4.69, 9.17) is 4.74 Å². The molecule has 0 aliphatic carbocycles. The number of benzene rings is 2. The lowest BCUT2D eigenvalue weighted by Crippen LogP contribution is -2.25. The van der Waals surface area contributed by atoms with E-state index in [0.717, 1.165) is 28.2 Å². The fourth-order valence-electron chi connectivity index (χ4n) is 3.20. The zero-order valence-electron chi connectivity index (χ0n) is 13.7. The van der Waals surface area contributed by atoms with Gasteiger partial charge in [0.1, 0.15) is 0 Å². The van der Waals surface area contributed by atoms with E-state index >= 15 is 0 Å². The third-order valence-corrected chi connectivity index (χ3v) is 4.22. The van der Waals surface area contributed by atoms with Gasteiger partial charge in [-0.15, -0.1) is 0 Å². The molecule has 2 heterocycles. The second kappa shape index (κ2) is 5.60. The molecule has 24 heavy (non-hydrogen) atoms. The Hall–Kier alpha value is -2.95. The Morgan fingerprint density at radius 3 is 2.88 bits per heavy atom. The molecule has 0 amide bonds. The highest BCUT2D eigenvalue weighted by atomic mass is 16.5. The van der Waals surface area contributed by atoms with Crippen molar-refractivity contribution in [2.24, 2.45) is 0 Å². The molecule has 0 unspecified atom stereocenters. The van der Waals surface area contributed by atoms with Crippen molar-refractivity contribution in [3.63, 3.8) is 0 Å². The maximum atomic E-state index is 10.6. The van der Waals surface area contributed by atoms with Gasteiger partial charge in [-0.3, -0.25) is 0 Å². The first kappa shape index (κ1) is 14.6. The van der Waals surface area contributed by atoms with Crippen LogP contribution in [0.2, 0.25) is 0 Å². The zero-order valence-corrected chi connectivity index (χ0v) is 13.7. The number of phenolic OH excluding ortho intramolecular Hbond substituents is 1. The molecule has 5 nitrogen and oxygen atoms in total. The van der Waals surface area contributed by atoms with Gasteiger partial charge in [-0.25, -0.2) is 4.68 Å². The molecule has 122 valence electrons. The number of anilines is 1. The maximum absolute atomic E-state index is 10.6. The minimum atomic E-state index is -0.288. The van der Waals surface area contributed by atoms with Gasteiger partial charge >= 0.3 is 0 Å². The van der Waals surface area contributed by atoms with Gasteiger partial charge < -0.3 is 15.2 Å². The van der Waals surface area contributed by atoms with Crippen molar-refractivity contribution in [1.29, 1.82) is 0 Å². The second-order valence-electron chi connectivity index (χ2n) is 5.83. The number of aromatic hydroxyl groups is 1. The van der Waals surface area contributed by atoms with Crippen LogP contribution in [0.4, 0.5) is 5.69 Å². The molecule has 4 rings (SSSR count). The normalized spacial score (nSPS) is 15.3. The average molecular weight is 321 g/mol. The molecule has 0 spiro atoms. The number of ether oxygens (including phenoxy) is 1. The molecule has 0 radical (unpaired) electrons. The summed E-state index contributed by atoms with van der Waals surface area (Å²) in [6.45, 7) is 4.38. The monoisotopic (exact) mass is 321 g/mol. The van der Waals surface area contributed by atoms with Crippen LogP contribution >= 0.6 is 0 Å². The van der Waals surface area contributed by atoms with Crippen LogP contribution in [-0.2, 0) is 0 Å². The van der Waals surface area contributed by atoms with E-state index in [1.807, 2.05) is 48.9 Å². The molecule has 1 aliphatic heterocycles. The SMILES string of the molecule is CCOc1cccc([C@H]2Nc3ccccc3-c3cc(C)nn32)c1O. The van der Waals surface area contributed by atoms with Gasteiger partial charge in [0, 0.05) is 16.8 Å². The van der Waals surface area contributed by atoms with Crippen molar-refractivity contribution in [2.75, 3.05) is 11.9 Å². The molecule has 0 saturated carbocycles. The van der Waals surface area contributed by atoms with Crippen molar-refractivity contribution in [3.8, 4) is 22.8 Å². The van der Waals surface area contributed by atoms with Crippen molar-refractivity contribution in [1.82, 2.24) is 9.78 Å². The van der Waals surface area contributed by atoms with Crippen molar-refractivity contribution in [2.45, 2.75) is 20.0 Å². The number of fused-ring (bicyclic) bond motifs is 3. The van der Waals surface area contributed by atoms with Crippen molar-refractivity contribution in [3.05, 3.63) is 59.8 Å². The number of nitrogens with one attached hydrogen (secondary N) is 1. The summed E-state index contributed by atoms with van der Waals surface area (Å²) in [6.07, 6.45) is -0.288. The minimum Gasteiger partial charge on any atom is -0.504 e. The fraction of sp³-hybridized carbons (Fsp3) is 0.211. The number of aromatic nitrogens is 2. The molecule has 1 atom stereocenters. The van der Waals surface area contributed by atoms with Gasteiger partial charge in [0.15, 0.2) is 17.7 Å². The fourth-order valence-corrected chi connectivity index (χ4v) is 3.20. The summed E-state index contributed by atoms with van der Waals surface area (Å²) in [5.41, 5.74) is 4.84. The Kier molecular flexibility index (Phi) is 3.41. The van der Waals surface area contributed by atoms with Gasteiger partial charge in [0.25, 0.3) is 0 Å². The smallest absolute Gasteiger partial charge is 0.165 e. The number of para-hydroxylation sites is 2. The topological polar surface area (TPSA) is 59.3 Å². The Morgan fingerprint density at radius 2 is 2.04 bits per heavy atom. The Labute approximate surface area is 140 Å². The number of aryl methyl sites for hydroxylation is 1. The van der Waals surface area contributed by atoms with E-state index in [-0.39, 0.29) is 11.9 Å². The van der Waals surface area contributed by atoms with Crippen LogP contribution in [0.25, 0.3) is 11.3 Å². The molecular formula is C19H19N3O2. The van der Waals surface area contributed by atoms with Crippen LogP contribution in [0, 0.1) is 6.92 Å². The largest absolute Gasteiger partial charge is 0.504 e. The second-order valence-corrected chi connectivity index (χ2v) is 5.83. The van der Waals surface area contributed by atoms with E-state index in [1.54, 1.807) is 6.07 Å². The lowest BCUT2D eigenvalue weighted by Gasteiger charge is -2.29. The molecule has 5 heteroatoms. The summed E-state index contributed by atoms with van der Waals surface area (Å²) >= 11 is 0. The predicted octanol–water partition coefficient (Wildman–Crippen LogP) is 3.94. The Balaban J connectivity index is 1.88. The first-order valence-corrected chi connectivity index (χ1v) is 8.05. The van der Waals surface area contributed by atoms with E-state index < -0.39 is 0 Å². The molecule has 2 N–H and O–H groups in total. The van der Waals surface area contributed by atoms with Crippen LogP contribution in [0.5, 0.6) is 11.5 Å². The standard InChI is InChI=1S/C19H19N3O2/c1-3-24-17-10-6-8-14(18(17)23)19-20-15-9-5-4-7-13(15)16-11-12(2)21-22(16)19/h4-11,19-20,23H,3H2,1-2H3/t19-/m0/s1. The third kappa shape index (κ3) is 2.21. The van der Waals surface area contributed by atoms with Gasteiger partial charge in [0.2, 0.25) is 0 Å².